The quantitative estimate of drug-likeness (QED) is 0.558. The minimum absolute atomic E-state index is 0.114. The summed E-state index contributed by atoms with van der Waals surface area (Å²) < 4.78 is 28.0. The van der Waals surface area contributed by atoms with Gasteiger partial charge in [-0.15, -0.1) is 13.2 Å². The van der Waals surface area contributed by atoms with E-state index in [9.17, 15) is 7.38 Å². The molecule has 2 N–H and O–H groups in total. The molecule has 4 nitrogen and oxygen atoms in total. The molecule has 15 heavy (non-hydrogen) atoms. The van der Waals surface area contributed by atoms with E-state index in [1.807, 2.05) is 0 Å². The third kappa shape index (κ3) is 13.8. The molecule has 0 unspecified atom stereocenters. The van der Waals surface area contributed by atoms with Gasteiger partial charge in [0.2, 0.25) is 0 Å². The van der Waals surface area contributed by atoms with Gasteiger partial charge in [0.15, 0.2) is 0 Å². The zero-order valence-electron chi connectivity index (χ0n) is 9.45. The van der Waals surface area contributed by atoms with Crippen LogP contribution in [-0.4, -0.2) is 20.6 Å². The van der Waals surface area contributed by atoms with Gasteiger partial charge in [0, 0.05) is 0 Å². The minimum atomic E-state index is -4.44. The second-order valence-electron chi connectivity index (χ2n) is 3.04. The molecule has 0 atom stereocenters. The van der Waals surface area contributed by atoms with Gasteiger partial charge in [0.1, 0.15) is 0 Å². The summed E-state index contributed by atoms with van der Waals surface area (Å²) in [6, 6.07) is 0. The Morgan fingerprint density at radius 1 is 1.00 bits per heavy atom. The average molecular weight is 252 g/mol. The van der Waals surface area contributed by atoms with E-state index in [0.717, 1.165) is 11.1 Å². The van der Waals surface area contributed by atoms with Gasteiger partial charge in [-0.3, -0.25) is 0 Å². The van der Waals surface area contributed by atoms with Gasteiger partial charge in [-0.2, -0.15) is 0 Å². The Kier molecular flexibility index (Phi) is 10.3. The van der Waals surface area contributed by atoms with Gasteiger partial charge < -0.3 is 0 Å². The average Bonchev–Trinajstić information content (AvgIpc) is 2.16. The maximum atomic E-state index is 9.23. The van der Waals surface area contributed by atoms with E-state index in [1.54, 1.807) is 13.8 Å². The predicted octanol–water partition coefficient (Wildman–Crippen LogP) is 1.77. The normalized spacial score (nSPS) is 10.1. The Balaban J connectivity index is 0. The first-order valence-corrected chi connectivity index (χ1v) is 7.02. The first kappa shape index (κ1) is 17.2. The van der Waals surface area contributed by atoms with E-state index in [1.165, 1.54) is 0 Å². The van der Waals surface area contributed by atoms with Gasteiger partial charge in [-0.1, -0.05) is 0 Å². The van der Waals surface area contributed by atoms with Crippen LogP contribution in [-0.2, 0) is 24.8 Å². The van der Waals surface area contributed by atoms with Gasteiger partial charge in [-0.25, -0.2) is 0 Å². The molecule has 88 valence electrons. The Hall–Kier alpha value is -0.226. The molecule has 0 aliphatic heterocycles. The van der Waals surface area contributed by atoms with Crippen molar-refractivity contribution in [2.45, 2.75) is 13.8 Å². The van der Waals surface area contributed by atoms with Crippen LogP contribution in [0.4, 0.5) is 0 Å². The second kappa shape index (κ2) is 9.03. The summed E-state index contributed by atoms with van der Waals surface area (Å²) in [6.45, 7) is 16.8. The molecule has 0 aliphatic rings. The van der Waals surface area contributed by atoms with Crippen molar-refractivity contribution in [3.8, 4) is 0 Å². The van der Waals surface area contributed by atoms with Crippen LogP contribution in [0, 0.1) is 0 Å². The van der Waals surface area contributed by atoms with E-state index < -0.39 is 18.1 Å². The van der Waals surface area contributed by atoms with E-state index >= 15 is 0 Å². The van der Waals surface area contributed by atoms with Crippen molar-refractivity contribution in [2.24, 2.45) is 0 Å². The molecule has 0 aromatic heterocycles. The van der Waals surface area contributed by atoms with Crippen LogP contribution in [0.2, 0.25) is 0 Å². The Morgan fingerprint density at radius 2 is 1.27 bits per heavy atom. The van der Waals surface area contributed by atoms with Gasteiger partial charge >= 0.3 is 83.5 Å². The Bertz CT molecular complexity index is 193. The van der Waals surface area contributed by atoms with Crippen LogP contribution >= 0.6 is 0 Å². The van der Waals surface area contributed by atoms with Crippen LogP contribution in [0.1, 0.15) is 13.8 Å². The molecule has 0 aromatic carbocycles. The fourth-order valence-electron chi connectivity index (χ4n) is 0.476. The summed E-state index contributed by atoms with van der Waals surface area (Å²) in [5.41, 5.74) is 1.44. The summed E-state index contributed by atoms with van der Waals surface area (Å²) in [5.74, 6) is 0. The molecule has 0 aromatic rings. The number of hydrogen-bond acceptors (Lipinski definition) is 4. The number of hydrogen-bond donors (Lipinski definition) is 2. The van der Waals surface area contributed by atoms with Crippen molar-refractivity contribution in [3.05, 3.63) is 37.5 Å². The van der Waals surface area contributed by atoms with Gasteiger partial charge in [0.25, 0.3) is 0 Å². The molecule has 0 radical (unpaired) electrons. The summed E-state index contributed by atoms with van der Waals surface area (Å²) >= 11 is -4.44. The SMILES string of the molecule is C=C.C=C(C)C[O][Ti]([OH])([OH])[O]CC(=C)C. The maximum absolute atomic E-state index is 9.23. The molecular weight excluding hydrogens is 232 g/mol. The van der Waals surface area contributed by atoms with Crippen molar-refractivity contribution in [3.63, 3.8) is 0 Å². The molecule has 5 heteroatoms. The summed E-state index contributed by atoms with van der Waals surface area (Å²) in [7, 11) is 0. The molecule has 0 amide bonds. The van der Waals surface area contributed by atoms with Crippen LogP contribution < -0.4 is 0 Å². The van der Waals surface area contributed by atoms with E-state index in [0.29, 0.717) is 0 Å². The van der Waals surface area contributed by atoms with Crippen LogP contribution in [0.5, 0.6) is 0 Å². The molecule has 0 heterocycles. The van der Waals surface area contributed by atoms with Crippen molar-refractivity contribution in [2.75, 3.05) is 13.2 Å². The summed E-state index contributed by atoms with van der Waals surface area (Å²) in [4.78, 5) is 0. The van der Waals surface area contributed by atoms with Crippen LogP contribution in [0.25, 0.3) is 0 Å². The van der Waals surface area contributed by atoms with Crippen molar-refractivity contribution >= 4 is 0 Å². The molecule has 0 rings (SSSR count). The third-order valence-electron chi connectivity index (χ3n) is 1.01. The Labute approximate surface area is 96.8 Å². The van der Waals surface area contributed by atoms with Gasteiger partial charge in [0.05, 0.1) is 0 Å². The topological polar surface area (TPSA) is 58.9 Å². The molecule has 0 saturated carbocycles. The monoisotopic (exact) mass is 252 g/mol. The molecular formula is C10H20O4Ti. The molecule has 0 aliphatic carbocycles. The van der Waals surface area contributed by atoms with Crippen molar-refractivity contribution in [1.29, 1.82) is 0 Å². The first-order chi connectivity index (χ1) is 6.83. The molecule has 0 saturated heterocycles. The predicted molar refractivity (Wildman–Crippen MR) is 57.2 cm³/mol. The number of rotatable bonds is 6. The zero-order chi connectivity index (χ0) is 12.5. The first-order valence-electron chi connectivity index (χ1n) is 4.35. The van der Waals surface area contributed by atoms with Crippen molar-refractivity contribution < 1.29 is 32.2 Å². The fraction of sp³-hybridized carbons (Fsp3) is 0.400. The standard InChI is InChI=1S/2C4H7O.C2H4.2H2O.Ti/c2*1-4(2)3-5;1-2;;;/h2*1,3H2,2H3;1-2H2;2*1H2;/q2*-1;;;;+4/p-2. The third-order valence-corrected chi connectivity index (χ3v) is 2.64. The van der Waals surface area contributed by atoms with Crippen LogP contribution in [0.3, 0.4) is 0 Å². The van der Waals surface area contributed by atoms with E-state index in [4.69, 9.17) is 6.64 Å². The molecule has 0 spiro atoms. The Morgan fingerprint density at radius 3 is 1.47 bits per heavy atom. The summed E-state index contributed by atoms with van der Waals surface area (Å²) in [5, 5.41) is 0. The zero-order valence-corrected chi connectivity index (χ0v) is 11.0. The fourth-order valence-corrected chi connectivity index (χ4v) is 1.96. The van der Waals surface area contributed by atoms with E-state index in [2.05, 4.69) is 26.3 Å². The van der Waals surface area contributed by atoms with E-state index in [-0.39, 0.29) is 13.2 Å². The summed E-state index contributed by atoms with van der Waals surface area (Å²) in [6.07, 6.45) is 0. The molecule has 0 fully saturated rings. The van der Waals surface area contributed by atoms with Gasteiger partial charge in [-0.05, 0) is 0 Å². The van der Waals surface area contributed by atoms with Crippen LogP contribution in [0.15, 0.2) is 37.5 Å². The van der Waals surface area contributed by atoms with Crippen molar-refractivity contribution in [1.82, 2.24) is 0 Å². The second-order valence-corrected chi connectivity index (χ2v) is 5.65. The molecule has 0 bridgehead atoms.